The monoisotopic (exact) mass is 284 g/mol. The van der Waals surface area contributed by atoms with E-state index in [9.17, 15) is 9.50 Å². The van der Waals surface area contributed by atoms with Gasteiger partial charge >= 0.3 is 0 Å². The van der Waals surface area contributed by atoms with Crippen molar-refractivity contribution < 1.29 is 9.50 Å². The predicted molar refractivity (Wildman–Crippen MR) is 61.4 cm³/mol. The summed E-state index contributed by atoms with van der Waals surface area (Å²) in [6.45, 7) is 0. The molecule has 3 nitrogen and oxygen atoms in total. The second-order valence-corrected chi connectivity index (χ2v) is 4.40. The second-order valence-electron chi connectivity index (χ2n) is 3.48. The molecule has 1 unspecified atom stereocenters. The first-order valence-corrected chi connectivity index (χ1v) is 5.49. The van der Waals surface area contributed by atoms with Crippen molar-refractivity contribution in [1.82, 2.24) is 9.78 Å². The minimum Gasteiger partial charge on any atom is -0.382 e. The summed E-state index contributed by atoms with van der Waals surface area (Å²) in [5.41, 5.74) is 1.12. The van der Waals surface area contributed by atoms with Gasteiger partial charge in [-0.25, -0.2) is 4.39 Å². The molecule has 0 saturated carbocycles. The van der Waals surface area contributed by atoms with E-state index in [0.717, 1.165) is 0 Å². The third kappa shape index (κ3) is 2.15. The van der Waals surface area contributed by atoms with E-state index in [1.165, 1.54) is 12.1 Å². The molecule has 0 aliphatic carbocycles. The van der Waals surface area contributed by atoms with Crippen molar-refractivity contribution in [3.8, 4) is 0 Å². The molecule has 0 aliphatic heterocycles. The molecule has 0 fully saturated rings. The number of halogens is 2. The van der Waals surface area contributed by atoms with Crippen molar-refractivity contribution in [3.05, 3.63) is 52.0 Å². The number of aromatic nitrogens is 2. The predicted octanol–water partition coefficient (Wildman–Crippen LogP) is 2.40. The van der Waals surface area contributed by atoms with Gasteiger partial charge in [-0.15, -0.1) is 0 Å². The molecule has 84 valence electrons. The van der Waals surface area contributed by atoms with E-state index in [1.807, 2.05) is 0 Å². The van der Waals surface area contributed by atoms with Crippen LogP contribution in [0.15, 0.2) is 34.9 Å². The number of aryl methyl sites for hydroxylation is 1. The van der Waals surface area contributed by atoms with E-state index in [0.29, 0.717) is 15.7 Å². The standard InChI is InChI=1S/C11H10BrFN2O/c1-15-10(2-3-14-15)11(16)7-4-8(12)6-9(13)5-7/h2-6,11,16H,1H3. The summed E-state index contributed by atoms with van der Waals surface area (Å²) in [6.07, 6.45) is 0.715. The Hall–Kier alpha value is -1.20. The number of aliphatic hydroxyl groups excluding tert-OH is 1. The van der Waals surface area contributed by atoms with Crippen molar-refractivity contribution in [1.29, 1.82) is 0 Å². The molecule has 0 spiro atoms. The van der Waals surface area contributed by atoms with Gasteiger partial charge < -0.3 is 5.11 Å². The maximum absolute atomic E-state index is 13.2. The van der Waals surface area contributed by atoms with Crippen molar-refractivity contribution in [2.75, 3.05) is 0 Å². The van der Waals surface area contributed by atoms with Crippen LogP contribution in [0.4, 0.5) is 4.39 Å². The van der Waals surface area contributed by atoms with E-state index in [-0.39, 0.29) is 5.82 Å². The van der Waals surface area contributed by atoms with Crippen LogP contribution in [0, 0.1) is 5.82 Å². The average molecular weight is 285 g/mol. The Bertz CT molecular complexity index is 492. The van der Waals surface area contributed by atoms with E-state index < -0.39 is 6.10 Å². The largest absolute Gasteiger partial charge is 0.382 e. The van der Waals surface area contributed by atoms with Gasteiger partial charge in [0.2, 0.25) is 0 Å². The number of aliphatic hydroxyl groups is 1. The maximum Gasteiger partial charge on any atom is 0.124 e. The van der Waals surface area contributed by atoms with Gasteiger partial charge in [0.1, 0.15) is 11.9 Å². The molecule has 1 heterocycles. The number of benzene rings is 1. The average Bonchev–Trinajstić information content (AvgIpc) is 2.62. The molecule has 2 aromatic rings. The van der Waals surface area contributed by atoms with Gasteiger partial charge in [-0.3, -0.25) is 4.68 Å². The van der Waals surface area contributed by atoms with Crippen LogP contribution in [0.3, 0.4) is 0 Å². The molecule has 2 rings (SSSR count). The minimum absolute atomic E-state index is 0.384. The van der Waals surface area contributed by atoms with Crippen LogP contribution in [0.5, 0.6) is 0 Å². The van der Waals surface area contributed by atoms with Crippen LogP contribution in [0.25, 0.3) is 0 Å². The Morgan fingerprint density at radius 2 is 2.19 bits per heavy atom. The molecule has 0 saturated heterocycles. The smallest absolute Gasteiger partial charge is 0.124 e. The summed E-state index contributed by atoms with van der Waals surface area (Å²) in [4.78, 5) is 0. The molecule has 0 bridgehead atoms. The zero-order chi connectivity index (χ0) is 11.7. The van der Waals surface area contributed by atoms with Crippen molar-refractivity contribution in [2.45, 2.75) is 6.10 Å². The lowest BCUT2D eigenvalue weighted by Crippen LogP contribution is -2.06. The summed E-state index contributed by atoms with van der Waals surface area (Å²) in [5.74, 6) is -0.384. The van der Waals surface area contributed by atoms with Crippen molar-refractivity contribution >= 4 is 15.9 Å². The van der Waals surface area contributed by atoms with Gasteiger partial charge in [0.25, 0.3) is 0 Å². The topological polar surface area (TPSA) is 38.0 Å². The highest BCUT2D eigenvalue weighted by atomic mass is 79.9. The molecule has 0 aliphatic rings. The normalized spacial score (nSPS) is 12.8. The Balaban J connectivity index is 2.41. The fourth-order valence-electron chi connectivity index (χ4n) is 1.56. The Labute approximate surface area is 101 Å². The zero-order valence-electron chi connectivity index (χ0n) is 8.56. The lowest BCUT2D eigenvalue weighted by atomic mass is 10.1. The van der Waals surface area contributed by atoms with Gasteiger partial charge in [-0.1, -0.05) is 15.9 Å². The molecule has 16 heavy (non-hydrogen) atoms. The second kappa shape index (κ2) is 4.35. The Morgan fingerprint density at radius 1 is 1.44 bits per heavy atom. The van der Waals surface area contributed by atoms with Crippen LogP contribution in [-0.2, 0) is 7.05 Å². The first-order valence-electron chi connectivity index (χ1n) is 4.70. The van der Waals surface area contributed by atoms with E-state index >= 15 is 0 Å². The molecule has 1 aromatic carbocycles. The van der Waals surface area contributed by atoms with Gasteiger partial charge in [0.05, 0.1) is 5.69 Å². The fourth-order valence-corrected chi connectivity index (χ4v) is 2.04. The Kier molecular flexibility index (Phi) is 3.07. The van der Waals surface area contributed by atoms with Crippen LogP contribution >= 0.6 is 15.9 Å². The van der Waals surface area contributed by atoms with Crippen LogP contribution in [0.1, 0.15) is 17.4 Å². The SMILES string of the molecule is Cn1nccc1C(O)c1cc(F)cc(Br)c1. The van der Waals surface area contributed by atoms with Gasteiger partial charge in [-0.2, -0.15) is 5.10 Å². The molecule has 1 N–H and O–H groups in total. The quantitative estimate of drug-likeness (QED) is 0.920. The molecular weight excluding hydrogens is 275 g/mol. The van der Waals surface area contributed by atoms with Crippen molar-refractivity contribution in [3.63, 3.8) is 0 Å². The van der Waals surface area contributed by atoms with Crippen LogP contribution in [-0.4, -0.2) is 14.9 Å². The third-order valence-electron chi connectivity index (χ3n) is 2.34. The molecule has 0 radical (unpaired) electrons. The number of nitrogens with zero attached hydrogens (tertiary/aromatic N) is 2. The van der Waals surface area contributed by atoms with E-state index in [4.69, 9.17) is 0 Å². The van der Waals surface area contributed by atoms with Crippen molar-refractivity contribution in [2.24, 2.45) is 7.05 Å². The zero-order valence-corrected chi connectivity index (χ0v) is 10.1. The van der Waals surface area contributed by atoms with Crippen LogP contribution in [0.2, 0.25) is 0 Å². The summed E-state index contributed by atoms with van der Waals surface area (Å²) < 4.78 is 15.3. The maximum atomic E-state index is 13.2. The van der Waals surface area contributed by atoms with Gasteiger partial charge in [-0.05, 0) is 29.8 Å². The third-order valence-corrected chi connectivity index (χ3v) is 2.80. The highest BCUT2D eigenvalue weighted by Crippen LogP contribution is 2.25. The summed E-state index contributed by atoms with van der Waals surface area (Å²) in [6, 6.07) is 6.03. The molecule has 1 atom stereocenters. The first kappa shape index (κ1) is 11.3. The molecule has 0 amide bonds. The molecule has 5 heteroatoms. The molecular formula is C11H10BrFN2O. The lowest BCUT2D eigenvalue weighted by molar-refractivity contribution is 0.209. The number of rotatable bonds is 2. The van der Waals surface area contributed by atoms with E-state index in [1.54, 1.807) is 30.1 Å². The summed E-state index contributed by atoms with van der Waals surface area (Å²) in [5, 5.41) is 14.0. The highest BCUT2D eigenvalue weighted by Gasteiger charge is 2.15. The number of hydrogen-bond donors (Lipinski definition) is 1. The molecule has 1 aromatic heterocycles. The van der Waals surface area contributed by atoms with Gasteiger partial charge in [0, 0.05) is 17.7 Å². The summed E-state index contributed by atoms with van der Waals surface area (Å²) in [7, 11) is 1.73. The lowest BCUT2D eigenvalue weighted by Gasteiger charge is -2.11. The minimum atomic E-state index is -0.875. The Morgan fingerprint density at radius 3 is 2.75 bits per heavy atom. The first-order chi connectivity index (χ1) is 7.58. The fraction of sp³-hybridized carbons (Fsp3) is 0.182. The summed E-state index contributed by atoms with van der Waals surface area (Å²) >= 11 is 3.19. The van der Waals surface area contributed by atoms with E-state index in [2.05, 4.69) is 21.0 Å². The van der Waals surface area contributed by atoms with Gasteiger partial charge in [0.15, 0.2) is 0 Å². The van der Waals surface area contributed by atoms with Crippen LogP contribution < -0.4 is 0 Å². The highest BCUT2D eigenvalue weighted by molar-refractivity contribution is 9.10. The number of hydrogen-bond acceptors (Lipinski definition) is 2.